The van der Waals surface area contributed by atoms with E-state index in [2.05, 4.69) is 33.9 Å². The number of benzene rings is 1. The van der Waals surface area contributed by atoms with Crippen molar-refractivity contribution in [3.05, 3.63) is 64.5 Å². The molecule has 5 heteroatoms. The summed E-state index contributed by atoms with van der Waals surface area (Å²) in [6.45, 7) is 4.34. The Balaban J connectivity index is 1.61. The first kappa shape index (κ1) is 16.3. The number of morpholine rings is 1. The van der Waals surface area contributed by atoms with E-state index in [1.807, 2.05) is 29.7 Å². The zero-order valence-electron chi connectivity index (χ0n) is 13.9. The molecule has 1 fully saturated rings. The fraction of sp³-hybridized carbons (Fsp3) is 0.250. The minimum Gasteiger partial charge on any atom is -0.379 e. The molecule has 1 saturated heterocycles. The summed E-state index contributed by atoms with van der Waals surface area (Å²) in [7, 11) is 0. The Morgan fingerprint density at radius 2 is 2.00 bits per heavy atom. The summed E-state index contributed by atoms with van der Waals surface area (Å²) in [4.78, 5) is 15.4. The molecule has 4 nitrogen and oxygen atoms in total. The first-order chi connectivity index (χ1) is 12.3. The standard InChI is InChI=1S/C20H20N2O2S/c23-19(20-6-3-13-25-20)8-7-16-14-22(15-21-9-11-24-12-10-21)18-5-2-1-4-17(16)18/h1-8,13-14H,9-12,15H2. The normalized spacial score (nSPS) is 16.0. The smallest absolute Gasteiger partial charge is 0.195 e. The largest absolute Gasteiger partial charge is 0.379 e. The first-order valence-corrected chi connectivity index (χ1v) is 9.33. The van der Waals surface area contributed by atoms with Gasteiger partial charge in [0.1, 0.15) is 0 Å². The molecule has 3 heterocycles. The van der Waals surface area contributed by atoms with E-state index >= 15 is 0 Å². The van der Waals surface area contributed by atoms with Crippen molar-refractivity contribution in [2.24, 2.45) is 0 Å². The molecule has 4 rings (SSSR count). The number of rotatable bonds is 5. The van der Waals surface area contributed by atoms with E-state index in [0.717, 1.165) is 43.4 Å². The Morgan fingerprint density at radius 3 is 2.80 bits per heavy atom. The van der Waals surface area contributed by atoms with Gasteiger partial charge in [-0.3, -0.25) is 9.69 Å². The van der Waals surface area contributed by atoms with Gasteiger partial charge in [0.15, 0.2) is 5.78 Å². The first-order valence-electron chi connectivity index (χ1n) is 8.45. The second kappa shape index (κ2) is 7.35. The molecular formula is C20H20N2O2S. The molecule has 0 unspecified atom stereocenters. The lowest BCUT2D eigenvalue weighted by Gasteiger charge is -2.27. The number of ketones is 1. The molecule has 0 N–H and O–H groups in total. The maximum atomic E-state index is 12.2. The fourth-order valence-corrected chi connectivity index (χ4v) is 3.79. The molecule has 1 aliphatic rings. The zero-order chi connectivity index (χ0) is 17.1. The summed E-state index contributed by atoms with van der Waals surface area (Å²) >= 11 is 1.47. The van der Waals surface area contributed by atoms with Gasteiger partial charge in [0.2, 0.25) is 0 Å². The Hall–Kier alpha value is -2.21. The average Bonchev–Trinajstić information content (AvgIpc) is 3.30. The third-order valence-corrected chi connectivity index (χ3v) is 5.34. The van der Waals surface area contributed by atoms with Crippen LogP contribution in [-0.2, 0) is 11.4 Å². The molecule has 0 saturated carbocycles. The molecule has 3 aromatic rings. The van der Waals surface area contributed by atoms with Crippen LogP contribution in [0.3, 0.4) is 0 Å². The van der Waals surface area contributed by atoms with Crippen LogP contribution in [0.25, 0.3) is 17.0 Å². The van der Waals surface area contributed by atoms with Crippen LogP contribution in [0, 0.1) is 0 Å². The molecule has 1 aromatic carbocycles. The van der Waals surface area contributed by atoms with Gasteiger partial charge in [0, 0.05) is 35.8 Å². The number of nitrogens with zero attached hydrogens (tertiary/aromatic N) is 2. The van der Waals surface area contributed by atoms with Crippen molar-refractivity contribution in [2.45, 2.75) is 6.67 Å². The third kappa shape index (κ3) is 3.58. The highest BCUT2D eigenvalue weighted by atomic mass is 32.1. The van der Waals surface area contributed by atoms with Gasteiger partial charge in [-0.05, 0) is 29.7 Å². The van der Waals surface area contributed by atoms with Crippen LogP contribution in [0.2, 0.25) is 0 Å². The second-order valence-electron chi connectivity index (χ2n) is 6.12. The third-order valence-electron chi connectivity index (χ3n) is 4.45. The molecule has 0 spiro atoms. The number of hydrogen-bond donors (Lipinski definition) is 0. The number of aromatic nitrogens is 1. The van der Waals surface area contributed by atoms with Gasteiger partial charge in [-0.1, -0.05) is 24.3 Å². The summed E-state index contributed by atoms with van der Waals surface area (Å²) in [6, 6.07) is 12.1. The van der Waals surface area contributed by atoms with Crippen LogP contribution in [0.1, 0.15) is 15.2 Å². The van der Waals surface area contributed by atoms with Crippen molar-refractivity contribution in [1.82, 2.24) is 9.47 Å². The molecule has 0 amide bonds. The van der Waals surface area contributed by atoms with E-state index in [1.165, 1.54) is 22.2 Å². The van der Waals surface area contributed by atoms with Crippen molar-refractivity contribution in [3.8, 4) is 0 Å². The summed E-state index contributed by atoms with van der Waals surface area (Å²) in [5, 5.41) is 3.10. The van der Waals surface area contributed by atoms with Crippen molar-refractivity contribution in [3.63, 3.8) is 0 Å². The van der Waals surface area contributed by atoms with E-state index in [-0.39, 0.29) is 5.78 Å². The van der Waals surface area contributed by atoms with E-state index < -0.39 is 0 Å². The molecule has 0 aliphatic carbocycles. The SMILES string of the molecule is O=C(C=Cc1cn(CN2CCOCC2)c2ccccc12)c1cccs1. The molecule has 0 bridgehead atoms. The quantitative estimate of drug-likeness (QED) is 0.516. The monoisotopic (exact) mass is 352 g/mol. The number of ether oxygens (including phenoxy) is 1. The number of thiophene rings is 1. The number of fused-ring (bicyclic) bond motifs is 1. The van der Waals surface area contributed by atoms with Gasteiger partial charge in [-0.2, -0.15) is 0 Å². The number of carbonyl (C=O) groups excluding carboxylic acids is 1. The summed E-state index contributed by atoms with van der Waals surface area (Å²) < 4.78 is 7.69. The zero-order valence-corrected chi connectivity index (χ0v) is 14.7. The van der Waals surface area contributed by atoms with Gasteiger partial charge in [-0.15, -0.1) is 11.3 Å². The van der Waals surface area contributed by atoms with Gasteiger partial charge < -0.3 is 9.30 Å². The minimum absolute atomic E-state index is 0.0556. The Kier molecular flexibility index (Phi) is 4.78. The molecular weight excluding hydrogens is 332 g/mol. The van der Waals surface area contributed by atoms with Crippen LogP contribution in [0.4, 0.5) is 0 Å². The predicted octanol–water partition coefficient (Wildman–Crippen LogP) is 3.89. The Bertz CT molecular complexity index is 890. The van der Waals surface area contributed by atoms with Gasteiger partial charge in [-0.25, -0.2) is 0 Å². The van der Waals surface area contributed by atoms with Crippen LogP contribution < -0.4 is 0 Å². The summed E-state index contributed by atoms with van der Waals surface area (Å²) in [5.74, 6) is 0.0556. The molecule has 128 valence electrons. The van der Waals surface area contributed by atoms with Crippen LogP contribution in [0.15, 0.2) is 54.1 Å². The minimum atomic E-state index is 0.0556. The van der Waals surface area contributed by atoms with E-state index in [9.17, 15) is 4.79 Å². The molecule has 2 aromatic heterocycles. The van der Waals surface area contributed by atoms with Crippen LogP contribution in [-0.4, -0.2) is 41.6 Å². The summed E-state index contributed by atoms with van der Waals surface area (Å²) in [5.41, 5.74) is 2.27. The molecule has 0 atom stereocenters. The fourth-order valence-electron chi connectivity index (χ4n) is 3.15. The topological polar surface area (TPSA) is 34.5 Å². The van der Waals surface area contributed by atoms with E-state index in [4.69, 9.17) is 4.74 Å². The van der Waals surface area contributed by atoms with E-state index in [1.54, 1.807) is 6.08 Å². The number of allylic oxidation sites excluding steroid dienone is 1. The maximum absolute atomic E-state index is 12.2. The van der Waals surface area contributed by atoms with Crippen molar-refractivity contribution in [1.29, 1.82) is 0 Å². The number of para-hydroxylation sites is 1. The summed E-state index contributed by atoms with van der Waals surface area (Å²) in [6.07, 6.45) is 5.74. The average molecular weight is 352 g/mol. The second-order valence-corrected chi connectivity index (χ2v) is 7.07. The molecule has 25 heavy (non-hydrogen) atoms. The highest BCUT2D eigenvalue weighted by Crippen LogP contribution is 2.23. The Labute approximate surface area is 150 Å². The van der Waals surface area contributed by atoms with E-state index in [0.29, 0.717) is 0 Å². The lowest BCUT2D eigenvalue weighted by Crippen LogP contribution is -2.37. The maximum Gasteiger partial charge on any atom is 0.195 e. The predicted molar refractivity (Wildman–Crippen MR) is 102 cm³/mol. The van der Waals surface area contributed by atoms with Crippen molar-refractivity contribution in [2.75, 3.05) is 26.3 Å². The van der Waals surface area contributed by atoms with Crippen molar-refractivity contribution < 1.29 is 9.53 Å². The molecule has 1 aliphatic heterocycles. The lowest BCUT2D eigenvalue weighted by atomic mass is 10.1. The van der Waals surface area contributed by atoms with Crippen molar-refractivity contribution >= 4 is 34.1 Å². The van der Waals surface area contributed by atoms with Crippen LogP contribution >= 0.6 is 11.3 Å². The Morgan fingerprint density at radius 1 is 1.16 bits per heavy atom. The van der Waals surface area contributed by atoms with Crippen LogP contribution in [0.5, 0.6) is 0 Å². The van der Waals surface area contributed by atoms with Gasteiger partial charge in [0.05, 0.1) is 24.8 Å². The highest BCUT2D eigenvalue weighted by molar-refractivity contribution is 7.12. The highest BCUT2D eigenvalue weighted by Gasteiger charge is 2.13. The van der Waals surface area contributed by atoms with Gasteiger partial charge in [0.25, 0.3) is 0 Å². The lowest BCUT2D eigenvalue weighted by molar-refractivity contribution is 0.0242. The van der Waals surface area contributed by atoms with Gasteiger partial charge >= 0.3 is 0 Å². The molecule has 0 radical (unpaired) electrons. The number of hydrogen-bond acceptors (Lipinski definition) is 4. The number of carbonyl (C=O) groups is 1.